The minimum Gasteiger partial charge on any atom is -0.381 e. The molecule has 0 bridgehead atoms. The summed E-state index contributed by atoms with van der Waals surface area (Å²) in [5, 5.41) is 5.05. The van der Waals surface area contributed by atoms with Crippen LogP contribution in [0.25, 0.3) is 0 Å². The van der Waals surface area contributed by atoms with Gasteiger partial charge in [0.25, 0.3) is 0 Å². The van der Waals surface area contributed by atoms with Gasteiger partial charge in [0.05, 0.1) is 11.2 Å². The van der Waals surface area contributed by atoms with Crippen molar-refractivity contribution < 1.29 is 4.74 Å². The minimum atomic E-state index is 0.0213. The largest absolute Gasteiger partial charge is 0.381 e. The van der Waals surface area contributed by atoms with Crippen molar-refractivity contribution in [3.05, 3.63) is 15.6 Å². The van der Waals surface area contributed by atoms with E-state index in [1.807, 2.05) is 11.3 Å². The Kier molecular flexibility index (Phi) is 4.98. The van der Waals surface area contributed by atoms with Gasteiger partial charge in [0.1, 0.15) is 5.01 Å². The van der Waals surface area contributed by atoms with Gasteiger partial charge in [-0.25, -0.2) is 4.98 Å². The van der Waals surface area contributed by atoms with Gasteiger partial charge in [0, 0.05) is 24.1 Å². The molecule has 2 rings (SSSR count). The molecule has 0 spiro atoms. The van der Waals surface area contributed by atoms with Crippen LogP contribution < -0.4 is 5.32 Å². The Labute approximate surface area is 120 Å². The maximum atomic E-state index is 5.65. The van der Waals surface area contributed by atoms with Gasteiger partial charge in [-0.1, -0.05) is 6.92 Å². The monoisotopic (exact) mass is 282 g/mol. The van der Waals surface area contributed by atoms with Crippen LogP contribution in [-0.2, 0) is 16.7 Å². The van der Waals surface area contributed by atoms with Crippen molar-refractivity contribution >= 4 is 11.3 Å². The number of nitrogens with zero attached hydrogens (tertiary/aromatic N) is 1. The van der Waals surface area contributed by atoms with Crippen molar-refractivity contribution in [2.45, 2.75) is 65.0 Å². The van der Waals surface area contributed by atoms with E-state index in [1.54, 1.807) is 0 Å². The molecule has 0 aliphatic carbocycles. The molecule has 1 unspecified atom stereocenters. The van der Waals surface area contributed by atoms with Crippen molar-refractivity contribution in [2.75, 3.05) is 13.2 Å². The molecule has 0 aromatic carbocycles. The summed E-state index contributed by atoms with van der Waals surface area (Å²) >= 11 is 1.87. The summed E-state index contributed by atoms with van der Waals surface area (Å²) < 4.78 is 5.65. The fraction of sp³-hybridized carbons (Fsp3) is 0.800. The quantitative estimate of drug-likeness (QED) is 0.919. The van der Waals surface area contributed by atoms with Crippen LogP contribution in [0.3, 0.4) is 0 Å². The highest BCUT2D eigenvalue weighted by atomic mass is 32.1. The van der Waals surface area contributed by atoms with Gasteiger partial charge < -0.3 is 10.1 Å². The van der Waals surface area contributed by atoms with Gasteiger partial charge in [-0.2, -0.15) is 0 Å². The van der Waals surface area contributed by atoms with E-state index in [0.717, 1.165) is 38.9 Å². The maximum absolute atomic E-state index is 5.65. The average Bonchev–Trinajstić information content (AvgIpc) is 2.58. The van der Waals surface area contributed by atoms with E-state index in [0.29, 0.717) is 6.04 Å². The summed E-state index contributed by atoms with van der Waals surface area (Å²) in [5.74, 6) is 0. The van der Waals surface area contributed by atoms with Gasteiger partial charge in [0.15, 0.2) is 0 Å². The Hall–Kier alpha value is -0.450. The summed E-state index contributed by atoms with van der Waals surface area (Å²) in [4.78, 5) is 6.29. The highest BCUT2D eigenvalue weighted by Gasteiger charge is 2.36. The molecule has 1 aliphatic heterocycles. The topological polar surface area (TPSA) is 34.2 Å². The molecule has 0 radical (unpaired) electrons. The standard InChI is InChI=1S/C15H26N2OS/c1-5-13-12(4)19-14(16-13)15(17-11(2)3)7-6-9-18-10-8-15/h11,17H,5-10H2,1-4H3. The van der Waals surface area contributed by atoms with E-state index in [1.165, 1.54) is 15.6 Å². The van der Waals surface area contributed by atoms with Gasteiger partial charge in [-0.15, -0.1) is 11.3 Å². The Bertz CT molecular complexity index is 406. The molecule has 3 nitrogen and oxygen atoms in total. The second kappa shape index (κ2) is 6.33. The van der Waals surface area contributed by atoms with E-state index < -0.39 is 0 Å². The summed E-state index contributed by atoms with van der Waals surface area (Å²) in [7, 11) is 0. The number of hydrogen-bond acceptors (Lipinski definition) is 4. The van der Waals surface area contributed by atoms with Crippen molar-refractivity contribution in [1.29, 1.82) is 0 Å². The average molecular weight is 282 g/mol. The number of thiazole rings is 1. The van der Waals surface area contributed by atoms with Crippen LogP contribution >= 0.6 is 11.3 Å². The minimum absolute atomic E-state index is 0.0213. The first-order chi connectivity index (χ1) is 9.07. The lowest BCUT2D eigenvalue weighted by Gasteiger charge is -2.33. The molecule has 0 amide bonds. The molecule has 0 saturated carbocycles. The third-order valence-electron chi connectivity index (χ3n) is 3.77. The van der Waals surface area contributed by atoms with Crippen LogP contribution in [-0.4, -0.2) is 24.2 Å². The van der Waals surface area contributed by atoms with Crippen LogP contribution in [0, 0.1) is 6.92 Å². The lowest BCUT2D eigenvalue weighted by atomic mass is 9.90. The number of aromatic nitrogens is 1. The van der Waals surface area contributed by atoms with Crippen molar-refractivity contribution in [2.24, 2.45) is 0 Å². The van der Waals surface area contributed by atoms with E-state index in [9.17, 15) is 0 Å². The zero-order chi connectivity index (χ0) is 13.9. The fourth-order valence-corrected chi connectivity index (χ4v) is 4.09. The van der Waals surface area contributed by atoms with E-state index in [4.69, 9.17) is 9.72 Å². The highest BCUT2D eigenvalue weighted by Crippen LogP contribution is 2.36. The molecule has 2 heterocycles. The molecule has 1 N–H and O–H groups in total. The molecule has 1 fully saturated rings. The molecule has 1 aromatic heterocycles. The Morgan fingerprint density at radius 3 is 2.79 bits per heavy atom. The first kappa shape index (κ1) is 14.9. The normalized spacial score (nSPS) is 24.7. The van der Waals surface area contributed by atoms with Crippen molar-refractivity contribution in [3.8, 4) is 0 Å². The van der Waals surface area contributed by atoms with Crippen molar-refractivity contribution in [1.82, 2.24) is 10.3 Å². The van der Waals surface area contributed by atoms with E-state index in [2.05, 4.69) is 33.0 Å². The second-order valence-corrected chi connectivity index (χ2v) is 6.93. The lowest BCUT2D eigenvalue weighted by Crippen LogP contribution is -2.46. The number of rotatable bonds is 4. The molecule has 4 heteroatoms. The Morgan fingerprint density at radius 1 is 1.37 bits per heavy atom. The zero-order valence-corrected chi connectivity index (χ0v) is 13.4. The molecular weight excluding hydrogens is 256 g/mol. The molecule has 108 valence electrons. The number of hydrogen-bond donors (Lipinski definition) is 1. The summed E-state index contributed by atoms with van der Waals surface area (Å²) in [5.41, 5.74) is 1.28. The van der Waals surface area contributed by atoms with Gasteiger partial charge in [-0.3, -0.25) is 0 Å². The predicted octanol–water partition coefficient (Wildman–Crippen LogP) is 3.41. The van der Waals surface area contributed by atoms with Crippen LogP contribution in [0.15, 0.2) is 0 Å². The molecule has 1 aromatic rings. The summed E-state index contributed by atoms with van der Waals surface area (Å²) in [6.45, 7) is 10.5. The summed E-state index contributed by atoms with van der Waals surface area (Å²) in [6.07, 6.45) is 4.29. The first-order valence-corrected chi connectivity index (χ1v) is 8.21. The van der Waals surface area contributed by atoms with E-state index >= 15 is 0 Å². The molecule has 1 atom stereocenters. The lowest BCUT2D eigenvalue weighted by molar-refractivity contribution is 0.135. The van der Waals surface area contributed by atoms with Gasteiger partial charge in [0.2, 0.25) is 0 Å². The molecule has 1 aliphatic rings. The highest BCUT2D eigenvalue weighted by molar-refractivity contribution is 7.11. The second-order valence-electron chi connectivity index (χ2n) is 5.72. The first-order valence-electron chi connectivity index (χ1n) is 7.39. The maximum Gasteiger partial charge on any atom is 0.113 e. The number of nitrogens with one attached hydrogen (secondary N) is 1. The van der Waals surface area contributed by atoms with E-state index in [-0.39, 0.29) is 5.54 Å². The molecular formula is C15H26N2OS. The van der Waals surface area contributed by atoms with Crippen LogP contribution in [0.5, 0.6) is 0 Å². The summed E-state index contributed by atoms with van der Waals surface area (Å²) in [6, 6.07) is 0.465. The van der Waals surface area contributed by atoms with Gasteiger partial charge in [-0.05, 0) is 46.5 Å². The van der Waals surface area contributed by atoms with Crippen LogP contribution in [0.1, 0.15) is 55.6 Å². The Balaban J connectivity index is 2.34. The Morgan fingerprint density at radius 2 is 2.16 bits per heavy atom. The van der Waals surface area contributed by atoms with Crippen LogP contribution in [0.4, 0.5) is 0 Å². The molecule has 1 saturated heterocycles. The van der Waals surface area contributed by atoms with Crippen LogP contribution in [0.2, 0.25) is 0 Å². The van der Waals surface area contributed by atoms with Gasteiger partial charge >= 0.3 is 0 Å². The third-order valence-corrected chi connectivity index (χ3v) is 4.98. The fourth-order valence-electron chi connectivity index (χ4n) is 2.88. The molecule has 19 heavy (non-hydrogen) atoms. The number of aryl methyl sites for hydroxylation is 2. The SMILES string of the molecule is CCc1nc(C2(NC(C)C)CCCOCC2)sc1C. The predicted molar refractivity (Wildman–Crippen MR) is 80.8 cm³/mol. The zero-order valence-electron chi connectivity index (χ0n) is 12.6. The number of ether oxygens (including phenoxy) is 1. The third kappa shape index (κ3) is 3.36. The smallest absolute Gasteiger partial charge is 0.113 e. The van der Waals surface area contributed by atoms with Crippen molar-refractivity contribution in [3.63, 3.8) is 0 Å².